The Kier molecular flexibility index (Phi) is 4.47. The second kappa shape index (κ2) is 6.54. The van der Waals surface area contributed by atoms with E-state index in [1.807, 2.05) is 0 Å². The number of carbonyl (C=O) groups excluding carboxylic acids is 2. The molecule has 2 aliphatic rings. The smallest absolute Gasteiger partial charge is 0.319 e. The van der Waals surface area contributed by atoms with Gasteiger partial charge >= 0.3 is 6.03 Å². The van der Waals surface area contributed by atoms with Gasteiger partial charge in [0.05, 0.1) is 29.9 Å². The highest BCUT2D eigenvalue weighted by Crippen LogP contribution is 2.32. The van der Waals surface area contributed by atoms with Gasteiger partial charge in [0.1, 0.15) is 0 Å². The number of pyridine rings is 1. The summed E-state index contributed by atoms with van der Waals surface area (Å²) in [6.07, 6.45) is 4.69. The van der Waals surface area contributed by atoms with Crippen LogP contribution >= 0.6 is 0 Å². The van der Waals surface area contributed by atoms with E-state index in [1.165, 1.54) is 0 Å². The molecule has 0 unspecified atom stereocenters. The Bertz CT molecular complexity index is 578. The standard InChI is InChI=1S/C16H22N4O3/c1-19(2)16(22)20-10-11(8-14-13(20)5-7-23-14)15(21)18-12-4-3-6-17-9-12/h3-4,6,9,11,13-14H,5,7-8,10H2,1-2H3,(H,18,21)/t11-,13+,14+/m1/s1. The number of urea groups is 1. The van der Waals surface area contributed by atoms with Gasteiger partial charge < -0.3 is 19.9 Å². The van der Waals surface area contributed by atoms with Gasteiger partial charge in [-0.25, -0.2) is 4.79 Å². The number of rotatable bonds is 2. The average molecular weight is 318 g/mol. The van der Waals surface area contributed by atoms with Crippen molar-refractivity contribution in [3.8, 4) is 0 Å². The minimum Gasteiger partial charge on any atom is -0.376 e. The molecule has 3 amide bonds. The minimum atomic E-state index is -0.279. The molecule has 7 heteroatoms. The van der Waals surface area contributed by atoms with Crippen molar-refractivity contribution >= 4 is 17.6 Å². The number of anilines is 1. The van der Waals surface area contributed by atoms with Crippen molar-refractivity contribution in [2.45, 2.75) is 25.0 Å². The Morgan fingerprint density at radius 2 is 2.26 bits per heavy atom. The lowest BCUT2D eigenvalue weighted by Gasteiger charge is -2.41. The summed E-state index contributed by atoms with van der Waals surface area (Å²) in [5.74, 6) is -0.373. The minimum absolute atomic E-state index is 0.0581. The molecule has 7 nitrogen and oxygen atoms in total. The van der Waals surface area contributed by atoms with Crippen molar-refractivity contribution in [2.75, 3.05) is 32.6 Å². The quantitative estimate of drug-likeness (QED) is 0.888. The second-order valence-corrected chi connectivity index (χ2v) is 6.26. The first-order valence-electron chi connectivity index (χ1n) is 7.86. The van der Waals surface area contributed by atoms with Crippen LogP contribution in [0, 0.1) is 5.92 Å². The van der Waals surface area contributed by atoms with Crippen LogP contribution in [0.4, 0.5) is 10.5 Å². The normalized spacial score (nSPS) is 26.5. The first-order chi connectivity index (χ1) is 11.1. The lowest BCUT2D eigenvalue weighted by atomic mass is 9.89. The van der Waals surface area contributed by atoms with Crippen molar-refractivity contribution in [2.24, 2.45) is 5.92 Å². The van der Waals surface area contributed by atoms with Gasteiger partial charge in [-0.1, -0.05) is 0 Å². The number of nitrogens with zero attached hydrogens (tertiary/aromatic N) is 3. The summed E-state index contributed by atoms with van der Waals surface area (Å²) in [6, 6.07) is 3.58. The Balaban J connectivity index is 1.72. The number of likely N-dealkylation sites (tertiary alicyclic amines) is 1. The third kappa shape index (κ3) is 3.29. The molecule has 1 N–H and O–H groups in total. The Hall–Kier alpha value is -2.15. The summed E-state index contributed by atoms with van der Waals surface area (Å²) in [5.41, 5.74) is 0.664. The molecule has 1 aromatic heterocycles. The van der Waals surface area contributed by atoms with E-state index in [0.29, 0.717) is 25.3 Å². The number of nitrogens with one attached hydrogen (secondary N) is 1. The Morgan fingerprint density at radius 3 is 2.96 bits per heavy atom. The summed E-state index contributed by atoms with van der Waals surface area (Å²) >= 11 is 0. The average Bonchev–Trinajstić information content (AvgIpc) is 3.02. The van der Waals surface area contributed by atoms with E-state index in [0.717, 1.165) is 6.42 Å². The fourth-order valence-electron chi connectivity index (χ4n) is 3.29. The predicted octanol–water partition coefficient (Wildman–Crippen LogP) is 1.18. The Labute approximate surface area is 135 Å². The van der Waals surface area contributed by atoms with E-state index < -0.39 is 0 Å². The van der Waals surface area contributed by atoms with Crippen LogP contribution in [-0.4, -0.2) is 66.1 Å². The van der Waals surface area contributed by atoms with Gasteiger partial charge in [0.2, 0.25) is 5.91 Å². The molecule has 0 bridgehead atoms. The van der Waals surface area contributed by atoms with Crippen LogP contribution in [0.5, 0.6) is 0 Å². The van der Waals surface area contributed by atoms with Crippen LogP contribution < -0.4 is 5.32 Å². The van der Waals surface area contributed by atoms with Gasteiger partial charge in [-0.05, 0) is 25.0 Å². The molecule has 0 aromatic carbocycles. The number of fused-ring (bicyclic) bond motifs is 1. The summed E-state index contributed by atoms with van der Waals surface area (Å²) in [5, 5.41) is 2.87. The highest BCUT2D eigenvalue weighted by atomic mass is 16.5. The lowest BCUT2D eigenvalue weighted by molar-refractivity contribution is -0.123. The van der Waals surface area contributed by atoms with Crippen LogP contribution in [0.3, 0.4) is 0 Å². The number of hydrogen-bond acceptors (Lipinski definition) is 4. The molecule has 0 aliphatic carbocycles. The third-order valence-corrected chi connectivity index (χ3v) is 4.44. The molecule has 3 atom stereocenters. The third-order valence-electron chi connectivity index (χ3n) is 4.44. The monoisotopic (exact) mass is 318 g/mol. The number of piperidine rings is 1. The molecule has 23 heavy (non-hydrogen) atoms. The number of aromatic nitrogens is 1. The van der Waals surface area contributed by atoms with Crippen molar-refractivity contribution in [3.05, 3.63) is 24.5 Å². The van der Waals surface area contributed by atoms with Crippen molar-refractivity contribution < 1.29 is 14.3 Å². The molecule has 3 heterocycles. The summed E-state index contributed by atoms with van der Waals surface area (Å²) in [4.78, 5) is 32.3. The molecular weight excluding hydrogens is 296 g/mol. The molecule has 1 aromatic rings. The van der Waals surface area contributed by atoms with E-state index in [9.17, 15) is 9.59 Å². The fourth-order valence-corrected chi connectivity index (χ4v) is 3.29. The molecule has 2 fully saturated rings. The van der Waals surface area contributed by atoms with Crippen molar-refractivity contribution in [3.63, 3.8) is 0 Å². The van der Waals surface area contributed by atoms with Crippen LogP contribution in [0.15, 0.2) is 24.5 Å². The van der Waals surface area contributed by atoms with Crippen LogP contribution in [0.1, 0.15) is 12.8 Å². The maximum atomic E-state index is 12.5. The highest BCUT2D eigenvalue weighted by Gasteiger charge is 2.44. The zero-order chi connectivity index (χ0) is 16.4. The molecule has 0 radical (unpaired) electrons. The van der Waals surface area contributed by atoms with E-state index in [2.05, 4.69) is 10.3 Å². The van der Waals surface area contributed by atoms with E-state index >= 15 is 0 Å². The number of ether oxygens (including phenoxy) is 1. The first kappa shape index (κ1) is 15.7. The predicted molar refractivity (Wildman–Crippen MR) is 84.9 cm³/mol. The molecule has 0 saturated carbocycles. The van der Waals surface area contributed by atoms with E-state index in [4.69, 9.17) is 4.74 Å². The van der Waals surface area contributed by atoms with Crippen molar-refractivity contribution in [1.82, 2.24) is 14.8 Å². The zero-order valence-electron chi connectivity index (χ0n) is 13.4. The lowest BCUT2D eigenvalue weighted by Crippen LogP contribution is -2.56. The zero-order valence-corrected chi connectivity index (χ0v) is 13.4. The number of amides is 3. The summed E-state index contributed by atoms with van der Waals surface area (Å²) < 4.78 is 5.74. The van der Waals surface area contributed by atoms with Gasteiger partial charge in [-0.2, -0.15) is 0 Å². The second-order valence-electron chi connectivity index (χ2n) is 6.26. The molecule has 3 rings (SSSR count). The summed E-state index contributed by atoms with van der Waals surface area (Å²) in [6.45, 7) is 1.07. The molecule has 2 aliphatic heterocycles. The van der Waals surface area contributed by atoms with Gasteiger partial charge in [0, 0.05) is 33.4 Å². The topological polar surface area (TPSA) is 74.8 Å². The van der Waals surface area contributed by atoms with E-state index in [-0.39, 0.29) is 30.0 Å². The SMILES string of the molecule is CN(C)C(=O)N1C[C@H](C(=O)Nc2cccnc2)C[C@@H]2OCC[C@@H]21. The van der Waals surface area contributed by atoms with Gasteiger partial charge in [-0.3, -0.25) is 9.78 Å². The number of hydrogen-bond donors (Lipinski definition) is 1. The van der Waals surface area contributed by atoms with E-state index in [1.54, 1.807) is 48.4 Å². The first-order valence-corrected chi connectivity index (χ1v) is 7.86. The van der Waals surface area contributed by atoms with Crippen LogP contribution in [0.2, 0.25) is 0 Å². The molecular formula is C16H22N4O3. The molecule has 124 valence electrons. The van der Waals surface area contributed by atoms with Gasteiger partial charge in [0.15, 0.2) is 0 Å². The van der Waals surface area contributed by atoms with Gasteiger partial charge in [-0.15, -0.1) is 0 Å². The van der Waals surface area contributed by atoms with Crippen molar-refractivity contribution in [1.29, 1.82) is 0 Å². The molecule has 2 saturated heterocycles. The maximum absolute atomic E-state index is 12.5. The summed E-state index contributed by atoms with van der Waals surface area (Å²) in [7, 11) is 3.46. The number of carbonyl (C=O) groups is 2. The largest absolute Gasteiger partial charge is 0.376 e. The van der Waals surface area contributed by atoms with Crippen LogP contribution in [0.25, 0.3) is 0 Å². The highest BCUT2D eigenvalue weighted by molar-refractivity contribution is 5.93. The fraction of sp³-hybridized carbons (Fsp3) is 0.562. The molecule has 0 spiro atoms. The Morgan fingerprint density at radius 1 is 1.43 bits per heavy atom. The van der Waals surface area contributed by atoms with Crippen LogP contribution in [-0.2, 0) is 9.53 Å². The maximum Gasteiger partial charge on any atom is 0.319 e. The van der Waals surface area contributed by atoms with Gasteiger partial charge in [0.25, 0.3) is 0 Å².